The molecule has 0 heterocycles. The number of nitro benzene ring substituents is 1. The van der Waals surface area contributed by atoms with Gasteiger partial charge in [-0.05, 0) is 19.3 Å². The predicted molar refractivity (Wildman–Crippen MR) is 53.7 cm³/mol. The lowest BCUT2D eigenvalue weighted by Gasteiger charge is -2.03. The number of phenols is 1. The zero-order valence-electron chi connectivity index (χ0n) is 8.15. The van der Waals surface area contributed by atoms with E-state index < -0.39 is 11.6 Å². The number of rotatable bonds is 5. The van der Waals surface area contributed by atoms with Crippen LogP contribution in [0.2, 0.25) is 0 Å². The van der Waals surface area contributed by atoms with Crippen LogP contribution in [-0.4, -0.2) is 16.7 Å². The molecule has 1 aromatic rings. The third-order valence-corrected chi connectivity index (χ3v) is 2.12. The molecule has 0 fully saturated rings. The maximum Gasteiger partial charge on any atom is 0.310 e. The van der Waals surface area contributed by atoms with Crippen molar-refractivity contribution in [2.24, 2.45) is 0 Å². The monoisotopic (exact) mass is 213 g/mol. The van der Waals surface area contributed by atoms with E-state index in [1.807, 2.05) is 0 Å². The molecule has 5 heteroatoms. The largest absolute Gasteiger partial charge is 0.502 e. The summed E-state index contributed by atoms with van der Waals surface area (Å²) in [6.07, 6.45) is 1.44. The van der Waals surface area contributed by atoms with Gasteiger partial charge in [-0.2, -0.15) is 0 Å². The lowest BCUT2D eigenvalue weighted by Crippen LogP contribution is -1.93. The van der Waals surface area contributed by atoms with Crippen LogP contribution in [0.1, 0.15) is 18.4 Å². The summed E-state index contributed by atoms with van der Waals surface area (Å²) in [7, 11) is 0. The Balaban J connectivity index is 2.80. The molecule has 0 saturated heterocycles. The summed E-state index contributed by atoms with van der Waals surface area (Å²) >= 11 is 0. The smallest absolute Gasteiger partial charge is 0.310 e. The minimum absolute atomic E-state index is 0.298. The second kappa shape index (κ2) is 5.29. The second-order valence-corrected chi connectivity index (χ2v) is 3.19. The van der Waals surface area contributed by atoms with Crippen molar-refractivity contribution in [2.75, 3.05) is 6.67 Å². The number of aromatic hydroxyl groups is 1. The summed E-state index contributed by atoms with van der Waals surface area (Å²) in [5.74, 6) is -0.304. The number of nitrogens with zero attached hydrogens (tertiary/aromatic N) is 1. The lowest BCUT2D eigenvalue weighted by molar-refractivity contribution is -0.385. The number of alkyl halides is 1. The first-order valence-corrected chi connectivity index (χ1v) is 4.68. The summed E-state index contributed by atoms with van der Waals surface area (Å²) in [6, 6.07) is 4.37. The van der Waals surface area contributed by atoms with Crippen LogP contribution in [0.3, 0.4) is 0 Å². The molecule has 1 rings (SSSR count). The van der Waals surface area contributed by atoms with Gasteiger partial charge in [0.1, 0.15) is 0 Å². The Hall–Kier alpha value is -1.65. The molecule has 15 heavy (non-hydrogen) atoms. The number of hydrogen-bond acceptors (Lipinski definition) is 3. The molecule has 82 valence electrons. The van der Waals surface area contributed by atoms with Crippen LogP contribution >= 0.6 is 0 Å². The zero-order chi connectivity index (χ0) is 11.3. The number of phenolic OH excluding ortho intramolecular Hbond substituents is 1. The van der Waals surface area contributed by atoms with E-state index >= 15 is 0 Å². The highest BCUT2D eigenvalue weighted by Gasteiger charge is 2.15. The number of aryl methyl sites for hydroxylation is 1. The molecule has 0 unspecified atom stereocenters. The molecule has 0 aromatic heterocycles. The first kappa shape index (κ1) is 11.4. The van der Waals surface area contributed by atoms with E-state index in [0.29, 0.717) is 24.8 Å². The van der Waals surface area contributed by atoms with Crippen LogP contribution in [0, 0.1) is 10.1 Å². The molecule has 0 aliphatic heterocycles. The molecule has 1 N–H and O–H groups in total. The van der Waals surface area contributed by atoms with Gasteiger partial charge in [0.05, 0.1) is 11.6 Å². The van der Waals surface area contributed by atoms with E-state index in [2.05, 4.69) is 0 Å². The first-order chi connectivity index (χ1) is 7.16. The topological polar surface area (TPSA) is 63.4 Å². The number of hydrogen-bond donors (Lipinski definition) is 1. The van der Waals surface area contributed by atoms with E-state index in [4.69, 9.17) is 0 Å². The Morgan fingerprint density at radius 3 is 2.73 bits per heavy atom. The number of halogens is 1. The molecule has 0 bridgehead atoms. The zero-order valence-corrected chi connectivity index (χ0v) is 8.15. The fourth-order valence-electron chi connectivity index (χ4n) is 1.34. The molecular weight excluding hydrogens is 201 g/mol. The van der Waals surface area contributed by atoms with E-state index in [1.165, 1.54) is 12.1 Å². The Kier molecular flexibility index (Phi) is 4.03. The molecule has 0 spiro atoms. The van der Waals surface area contributed by atoms with Crippen LogP contribution < -0.4 is 0 Å². The SMILES string of the molecule is O=[N+]([O-])c1cccc(CCCCF)c1O. The van der Waals surface area contributed by atoms with E-state index in [0.717, 1.165) is 0 Å². The number of benzene rings is 1. The molecule has 4 nitrogen and oxygen atoms in total. The minimum atomic E-state index is -0.631. The van der Waals surface area contributed by atoms with Gasteiger partial charge in [-0.15, -0.1) is 0 Å². The Morgan fingerprint density at radius 2 is 2.13 bits per heavy atom. The van der Waals surface area contributed by atoms with Crippen molar-refractivity contribution in [1.29, 1.82) is 0 Å². The van der Waals surface area contributed by atoms with Crippen molar-refractivity contribution in [3.8, 4) is 5.75 Å². The quantitative estimate of drug-likeness (QED) is 0.464. The van der Waals surface area contributed by atoms with Gasteiger partial charge in [0.15, 0.2) is 5.75 Å². The minimum Gasteiger partial charge on any atom is -0.502 e. The Labute approximate surface area is 86.5 Å². The molecule has 0 radical (unpaired) electrons. The highest BCUT2D eigenvalue weighted by Crippen LogP contribution is 2.30. The van der Waals surface area contributed by atoms with Gasteiger partial charge in [-0.25, -0.2) is 0 Å². The maximum atomic E-state index is 11.8. The molecule has 0 aliphatic rings. The van der Waals surface area contributed by atoms with E-state index in [9.17, 15) is 19.6 Å². The average molecular weight is 213 g/mol. The van der Waals surface area contributed by atoms with Crippen molar-refractivity contribution in [3.05, 3.63) is 33.9 Å². The molecule has 1 aromatic carbocycles. The van der Waals surface area contributed by atoms with Gasteiger partial charge in [-0.1, -0.05) is 12.1 Å². The standard InChI is InChI=1S/C10H12FNO3/c11-7-2-1-4-8-5-3-6-9(10(8)13)12(14)15/h3,5-6,13H,1-2,4,7H2. The second-order valence-electron chi connectivity index (χ2n) is 3.19. The van der Waals surface area contributed by atoms with Crippen LogP contribution in [0.4, 0.5) is 10.1 Å². The van der Waals surface area contributed by atoms with E-state index in [-0.39, 0.29) is 11.4 Å². The Bertz CT molecular complexity index is 355. The van der Waals surface area contributed by atoms with Gasteiger partial charge >= 0.3 is 5.69 Å². The number of unbranched alkanes of at least 4 members (excludes halogenated alkanes) is 1. The van der Waals surface area contributed by atoms with Gasteiger partial charge < -0.3 is 5.11 Å². The predicted octanol–water partition coefficient (Wildman–Crippen LogP) is 2.59. The van der Waals surface area contributed by atoms with Gasteiger partial charge in [-0.3, -0.25) is 14.5 Å². The highest BCUT2D eigenvalue weighted by molar-refractivity contribution is 5.50. The fourth-order valence-corrected chi connectivity index (χ4v) is 1.34. The number of nitro groups is 1. The van der Waals surface area contributed by atoms with Crippen molar-refractivity contribution < 1.29 is 14.4 Å². The lowest BCUT2D eigenvalue weighted by atomic mass is 10.1. The van der Waals surface area contributed by atoms with Gasteiger partial charge in [0.2, 0.25) is 0 Å². The molecule has 0 saturated carbocycles. The summed E-state index contributed by atoms with van der Waals surface area (Å²) in [6.45, 7) is -0.407. The summed E-state index contributed by atoms with van der Waals surface area (Å²) < 4.78 is 11.8. The van der Waals surface area contributed by atoms with Crippen LogP contribution in [0.25, 0.3) is 0 Å². The van der Waals surface area contributed by atoms with Gasteiger partial charge in [0.25, 0.3) is 0 Å². The van der Waals surface area contributed by atoms with Crippen molar-refractivity contribution in [1.82, 2.24) is 0 Å². The summed E-state index contributed by atoms with van der Waals surface area (Å²) in [5.41, 5.74) is 0.199. The normalized spacial score (nSPS) is 10.2. The maximum absolute atomic E-state index is 11.8. The molecule has 0 atom stereocenters. The van der Waals surface area contributed by atoms with Crippen molar-refractivity contribution in [2.45, 2.75) is 19.3 Å². The van der Waals surface area contributed by atoms with Crippen LogP contribution in [0.5, 0.6) is 5.75 Å². The van der Waals surface area contributed by atoms with Crippen molar-refractivity contribution in [3.63, 3.8) is 0 Å². The van der Waals surface area contributed by atoms with Gasteiger partial charge in [0, 0.05) is 11.6 Å². The summed E-state index contributed by atoms with van der Waals surface area (Å²) in [5, 5.41) is 20.0. The van der Waals surface area contributed by atoms with E-state index in [1.54, 1.807) is 6.07 Å². The molecule has 0 amide bonds. The highest BCUT2D eigenvalue weighted by atomic mass is 19.1. The van der Waals surface area contributed by atoms with Crippen LogP contribution in [0.15, 0.2) is 18.2 Å². The molecule has 0 aliphatic carbocycles. The van der Waals surface area contributed by atoms with Crippen LogP contribution in [-0.2, 0) is 6.42 Å². The van der Waals surface area contributed by atoms with Crippen molar-refractivity contribution >= 4 is 5.69 Å². The number of para-hydroxylation sites is 1. The summed E-state index contributed by atoms with van der Waals surface area (Å²) in [4.78, 5) is 9.86. The first-order valence-electron chi connectivity index (χ1n) is 4.68. The molecular formula is C10H12FNO3. The third-order valence-electron chi connectivity index (χ3n) is 2.12. The Morgan fingerprint density at radius 1 is 1.40 bits per heavy atom. The third kappa shape index (κ3) is 2.90. The fraction of sp³-hybridized carbons (Fsp3) is 0.400. The average Bonchev–Trinajstić information content (AvgIpc) is 2.20.